The van der Waals surface area contributed by atoms with Crippen LogP contribution in [0.2, 0.25) is 5.02 Å². The van der Waals surface area contributed by atoms with Crippen molar-refractivity contribution in [2.24, 2.45) is 0 Å². The van der Waals surface area contributed by atoms with Crippen molar-refractivity contribution in [3.8, 4) is 11.8 Å². The van der Waals surface area contributed by atoms with E-state index in [0.29, 0.717) is 10.6 Å². The SMILES string of the molecule is CC(C)(O)C#CC(=O)c1ccccc1Cl. The second kappa shape index (κ2) is 4.48. The summed E-state index contributed by atoms with van der Waals surface area (Å²) in [6.45, 7) is 3.03. The largest absolute Gasteiger partial charge is 0.378 e. The minimum atomic E-state index is -1.17. The van der Waals surface area contributed by atoms with Crippen molar-refractivity contribution >= 4 is 17.4 Å². The highest BCUT2D eigenvalue weighted by atomic mass is 35.5. The first-order valence-electron chi connectivity index (χ1n) is 4.44. The summed E-state index contributed by atoms with van der Waals surface area (Å²) >= 11 is 5.82. The summed E-state index contributed by atoms with van der Waals surface area (Å²) in [5, 5.41) is 9.69. The van der Waals surface area contributed by atoms with E-state index in [-0.39, 0.29) is 5.78 Å². The van der Waals surface area contributed by atoms with Crippen LogP contribution in [0.25, 0.3) is 0 Å². The van der Waals surface area contributed by atoms with Gasteiger partial charge in [-0.1, -0.05) is 29.7 Å². The molecule has 0 aliphatic rings. The van der Waals surface area contributed by atoms with E-state index in [1.165, 1.54) is 13.8 Å². The number of benzene rings is 1. The molecular formula is C12H11ClO2. The minimum absolute atomic E-state index is 0.357. The number of hydrogen-bond acceptors (Lipinski definition) is 2. The molecule has 1 aromatic rings. The summed E-state index contributed by atoms with van der Waals surface area (Å²) in [6, 6.07) is 6.68. The molecule has 15 heavy (non-hydrogen) atoms. The molecule has 0 spiro atoms. The lowest BCUT2D eigenvalue weighted by atomic mass is 10.1. The Morgan fingerprint density at radius 2 is 2.00 bits per heavy atom. The van der Waals surface area contributed by atoms with E-state index in [0.717, 1.165) is 0 Å². The van der Waals surface area contributed by atoms with Crippen molar-refractivity contribution in [3.05, 3.63) is 34.9 Å². The summed E-state index contributed by atoms with van der Waals surface area (Å²) in [7, 11) is 0. The van der Waals surface area contributed by atoms with E-state index in [2.05, 4.69) is 11.8 Å². The molecule has 0 saturated heterocycles. The van der Waals surface area contributed by atoms with Gasteiger partial charge >= 0.3 is 0 Å². The number of halogens is 1. The zero-order chi connectivity index (χ0) is 11.5. The van der Waals surface area contributed by atoms with E-state index < -0.39 is 5.60 Å². The second-order valence-electron chi connectivity index (χ2n) is 3.62. The molecule has 0 saturated carbocycles. The number of ketones is 1. The average molecular weight is 223 g/mol. The van der Waals surface area contributed by atoms with Crippen molar-refractivity contribution < 1.29 is 9.90 Å². The Labute approximate surface area is 93.9 Å². The lowest BCUT2D eigenvalue weighted by Gasteiger charge is -2.05. The second-order valence-corrected chi connectivity index (χ2v) is 4.03. The summed E-state index contributed by atoms with van der Waals surface area (Å²) in [6.07, 6.45) is 0. The van der Waals surface area contributed by atoms with Gasteiger partial charge in [0.2, 0.25) is 5.78 Å². The summed E-state index contributed by atoms with van der Waals surface area (Å²) in [5.74, 6) is 4.41. The number of hydrogen-bond donors (Lipinski definition) is 1. The number of aliphatic hydroxyl groups is 1. The van der Waals surface area contributed by atoms with Gasteiger partial charge in [-0.2, -0.15) is 0 Å². The molecule has 0 heterocycles. The molecule has 0 aliphatic carbocycles. The Balaban J connectivity index is 2.96. The zero-order valence-corrected chi connectivity index (χ0v) is 9.30. The van der Waals surface area contributed by atoms with E-state index in [4.69, 9.17) is 11.6 Å². The molecule has 0 aromatic heterocycles. The zero-order valence-electron chi connectivity index (χ0n) is 8.54. The molecule has 1 aromatic carbocycles. The Morgan fingerprint density at radius 1 is 1.40 bits per heavy atom. The van der Waals surface area contributed by atoms with Gasteiger partial charge in [0, 0.05) is 5.56 Å². The van der Waals surface area contributed by atoms with Gasteiger partial charge in [0.15, 0.2) is 0 Å². The standard InChI is InChI=1S/C12H11ClO2/c1-12(2,15)8-7-11(14)9-5-3-4-6-10(9)13/h3-6,15H,1-2H3. The molecule has 0 bridgehead atoms. The highest BCUT2D eigenvalue weighted by Gasteiger charge is 2.09. The van der Waals surface area contributed by atoms with Crippen molar-refractivity contribution in [1.82, 2.24) is 0 Å². The highest BCUT2D eigenvalue weighted by molar-refractivity contribution is 6.35. The third-order valence-electron chi connectivity index (χ3n) is 1.60. The molecule has 0 fully saturated rings. The first-order valence-corrected chi connectivity index (χ1v) is 4.82. The van der Waals surface area contributed by atoms with Crippen molar-refractivity contribution in [1.29, 1.82) is 0 Å². The molecule has 3 heteroatoms. The monoisotopic (exact) mass is 222 g/mol. The van der Waals surface area contributed by atoms with E-state index in [9.17, 15) is 9.90 Å². The Hall–Kier alpha value is -1.30. The maximum Gasteiger partial charge on any atom is 0.237 e. The van der Waals surface area contributed by atoms with Gasteiger partial charge in [-0.3, -0.25) is 4.79 Å². The van der Waals surface area contributed by atoms with Crippen LogP contribution in [0.1, 0.15) is 24.2 Å². The first-order chi connectivity index (χ1) is 6.90. The van der Waals surface area contributed by atoms with E-state index in [1.807, 2.05) is 0 Å². The van der Waals surface area contributed by atoms with Gasteiger partial charge in [0.05, 0.1) is 5.02 Å². The topological polar surface area (TPSA) is 37.3 Å². The maximum absolute atomic E-state index is 11.5. The van der Waals surface area contributed by atoms with Crippen LogP contribution in [0.5, 0.6) is 0 Å². The molecule has 2 nitrogen and oxygen atoms in total. The molecule has 78 valence electrons. The smallest absolute Gasteiger partial charge is 0.237 e. The molecular weight excluding hydrogens is 212 g/mol. The minimum Gasteiger partial charge on any atom is -0.378 e. The van der Waals surface area contributed by atoms with Crippen LogP contribution in [-0.4, -0.2) is 16.5 Å². The normalized spacial score (nSPS) is 10.4. The van der Waals surface area contributed by atoms with Crippen LogP contribution in [-0.2, 0) is 0 Å². The van der Waals surface area contributed by atoms with Crippen LogP contribution >= 0.6 is 11.6 Å². The third-order valence-corrected chi connectivity index (χ3v) is 1.93. The van der Waals surface area contributed by atoms with Crippen LogP contribution in [0.15, 0.2) is 24.3 Å². The van der Waals surface area contributed by atoms with Gasteiger partial charge in [-0.25, -0.2) is 0 Å². The summed E-state index contributed by atoms with van der Waals surface area (Å²) in [4.78, 5) is 11.5. The molecule has 0 aliphatic heterocycles. The molecule has 0 atom stereocenters. The number of carbonyl (C=O) groups is 1. The van der Waals surface area contributed by atoms with Gasteiger partial charge in [0.1, 0.15) is 5.60 Å². The average Bonchev–Trinajstić information content (AvgIpc) is 2.14. The number of Topliss-reactive ketones (excluding diaryl/α,β-unsaturated/α-hetero) is 1. The Bertz CT molecular complexity index is 433. The van der Waals surface area contributed by atoms with E-state index in [1.54, 1.807) is 24.3 Å². The fourth-order valence-corrected chi connectivity index (χ4v) is 1.14. The quantitative estimate of drug-likeness (QED) is 0.450. The Morgan fingerprint density at radius 3 is 2.53 bits per heavy atom. The first kappa shape index (κ1) is 11.8. The predicted octanol–water partition coefficient (Wildman–Crippen LogP) is 2.30. The lowest BCUT2D eigenvalue weighted by molar-refractivity contribution is 0.105. The number of carbonyl (C=O) groups excluding carboxylic acids is 1. The number of rotatable bonds is 1. The lowest BCUT2D eigenvalue weighted by Crippen LogP contribution is -2.15. The molecule has 0 radical (unpaired) electrons. The van der Waals surface area contributed by atoms with Crippen LogP contribution in [0.3, 0.4) is 0 Å². The molecule has 0 unspecified atom stereocenters. The summed E-state index contributed by atoms with van der Waals surface area (Å²) in [5.41, 5.74) is -0.812. The van der Waals surface area contributed by atoms with Gasteiger partial charge in [0.25, 0.3) is 0 Å². The van der Waals surface area contributed by atoms with Crippen molar-refractivity contribution in [2.75, 3.05) is 0 Å². The van der Waals surface area contributed by atoms with E-state index >= 15 is 0 Å². The highest BCUT2D eigenvalue weighted by Crippen LogP contribution is 2.15. The van der Waals surface area contributed by atoms with Crippen molar-refractivity contribution in [2.45, 2.75) is 19.4 Å². The van der Waals surface area contributed by atoms with Gasteiger partial charge in [-0.05, 0) is 31.9 Å². The maximum atomic E-state index is 11.5. The third kappa shape index (κ3) is 3.75. The predicted molar refractivity (Wildman–Crippen MR) is 59.9 cm³/mol. The van der Waals surface area contributed by atoms with Gasteiger partial charge in [-0.15, -0.1) is 0 Å². The summed E-state index contributed by atoms with van der Waals surface area (Å²) < 4.78 is 0. The molecule has 1 rings (SSSR count). The van der Waals surface area contributed by atoms with Crippen LogP contribution in [0.4, 0.5) is 0 Å². The van der Waals surface area contributed by atoms with Gasteiger partial charge < -0.3 is 5.11 Å². The molecule has 1 N–H and O–H groups in total. The van der Waals surface area contributed by atoms with Crippen LogP contribution in [0, 0.1) is 11.8 Å². The Kier molecular flexibility index (Phi) is 3.52. The van der Waals surface area contributed by atoms with Crippen molar-refractivity contribution in [3.63, 3.8) is 0 Å². The fourth-order valence-electron chi connectivity index (χ4n) is 0.922. The fraction of sp³-hybridized carbons (Fsp3) is 0.250. The molecule has 0 amide bonds. The van der Waals surface area contributed by atoms with Crippen LogP contribution < -0.4 is 0 Å².